The Bertz CT molecular complexity index is 1040. The predicted molar refractivity (Wildman–Crippen MR) is 115 cm³/mol. The number of rotatable bonds is 5. The molecule has 30 heavy (non-hydrogen) atoms. The van der Waals surface area contributed by atoms with Crippen molar-refractivity contribution in [2.45, 2.75) is 32.1 Å². The highest BCUT2D eigenvalue weighted by Crippen LogP contribution is 2.36. The lowest BCUT2D eigenvalue weighted by Crippen LogP contribution is -2.34. The SMILES string of the molecule is O=C(O)c1ccc(-c2ccc(/C=C3/SC(=O)N(CC4CCCCC4)C3=O)o2)cc1Cl. The molecule has 2 aliphatic rings. The Balaban J connectivity index is 1.50. The summed E-state index contributed by atoms with van der Waals surface area (Å²) in [4.78, 5) is 37.8. The Morgan fingerprint density at radius 3 is 2.67 bits per heavy atom. The molecule has 8 heteroatoms. The summed E-state index contributed by atoms with van der Waals surface area (Å²) < 4.78 is 5.78. The van der Waals surface area contributed by atoms with Crippen molar-refractivity contribution in [3.05, 3.63) is 51.6 Å². The van der Waals surface area contributed by atoms with Crippen LogP contribution in [0, 0.1) is 5.92 Å². The lowest BCUT2D eigenvalue weighted by molar-refractivity contribution is -0.123. The maximum Gasteiger partial charge on any atom is 0.337 e. The number of carbonyl (C=O) groups excluding carboxylic acids is 2. The smallest absolute Gasteiger partial charge is 0.337 e. The molecule has 2 aromatic rings. The molecule has 0 spiro atoms. The van der Waals surface area contributed by atoms with Gasteiger partial charge in [-0.15, -0.1) is 0 Å². The number of halogens is 1. The summed E-state index contributed by atoms with van der Waals surface area (Å²) in [6.45, 7) is 0.486. The Kier molecular flexibility index (Phi) is 6.01. The van der Waals surface area contributed by atoms with E-state index in [0.717, 1.165) is 37.4 Å². The van der Waals surface area contributed by atoms with Crippen molar-refractivity contribution in [3.8, 4) is 11.3 Å². The molecule has 0 radical (unpaired) electrons. The molecule has 0 unspecified atom stereocenters. The monoisotopic (exact) mass is 445 g/mol. The van der Waals surface area contributed by atoms with Crippen LogP contribution in [0.15, 0.2) is 39.7 Å². The van der Waals surface area contributed by atoms with Crippen LogP contribution in [0.2, 0.25) is 5.02 Å². The topological polar surface area (TPSA) is 87.8 Å². The molecular formula is C22H20ClNO5S. The zero-order valence-corrected chi connectivity index (χ0v) is 17.7. The number of amides is 2. The number of nitrogens with zero attached hydrogens (tertiary/aromatic N) is 1. The average Bonchev–Trinajstić information content (AvgIpc) is 3.29. The van der Waals surface area contributed by atoms with Gasteiger partial charge in [-0.2, -0.15) is 0 Å². The largest absolute Gasteiger partial charge is 0.478 e. The van der Waals surface area contributed by atoms with Crippen molar-refractivity contribution in [1.29, 1.82) is 0 Å². The van der Waals surface area contributed by atoms with Crippen molar-refractivity contribution in [2.24, 2.45) is 5.92 Å². The Labute approximate surface area is 182 Å². The Hall–Kier alpha value is -2.51. The van der Waals surface area contributed by atoms with Crippen LogP contribution in [0.5, 0.6) is 0 Å². The standard InChI is InChI=1S/C22H20ClNO5S/c23-17-10-14(6-8-16(17)21(26)27)18-9-7-15(29-18)11-19-20(25)24(22(28)30-19)12-13-4-2-1-3-5-13/h6-11,13H,1-5,12H2,(H,26,27)/b19-11+. The molecule has 6 nitrogen and oxygen atoms in total. The number of carboxylic acid groups (broad SMARTS) is 1. The molecular weight excluding hydrogens is 426 g/mol. The second kappa shape index (κ2) is 8.70. The van der Waals surface area contributed by atoms with Gasteiger partial charge in [0.05, 0.1) is 15.5 Å². The highest BCUT2D eigenvalue weighted by atomic mass is 35.5. The van der Waals surface area contributed by atoms with Gasteiger partial charge in [0.15, 0.2) is 0 Å². The van der Waals surface area contributed by atoms with E-state index in [9.17, 15) is 14.4 Å². The molecule has 1 aromatic heterocycles. The van der Waals surface area contributed by atoms with E-state index < -0.39 is 5.97 Å². The van der Waals surface area contributed by atoms with Crippen LogP contribution in [0.25, 0.3) is 17.4 Å². The number of hydrogen-bond acceptors (Lipinski definition) is 5. The number of aromatic carboxylic acids is 1. The van der Waals surface area contributed by atoms with Crippen molar-refractivity contribution in [3.63, 3.8) is 0 Å². The zero-order chi connectivity index (χ0) is 21.3. The van der Waals surface area contributed by atoms with Gasteiger partial charge in [-0.05, 0) is 54.8 Å². The van der Waals surface area contributed by atoms with Crippen LogP contribution >= 0.6 is 23.4 Å². The van der Waals surface area contributed by atoms with E-state index in [4.69, 9.17) is 21.1 Å². The van der Waals surface area contributed by atoms with E-state index >= 15 is 0 Å². The summed E-state index contributed by atoms with van der Waals surface area (Å²) in [5.74, 6) is -0.0634. The van der Waals surface area contributed by atoms with Gasteiger partial charge in [0, 0.05) is 18.2 Å². The highest BCUT2D eigenvalue weighted by molar-refractivity contribution is 8.18. The number of hydrogen-bond donors (Lipinski definition) is 1. The second-order valence-corrected chi connectivity index (χ2v) is 8.90. The third-order valence-corrected chi connectivity index (χ3v) is 6.64. The summed E-state index contributed by atoms with van der Waals surface area (Å²) in [5.41, 5.74) is 0.633. The first kappa shape index (κ1) is 20.8. The minimum Gasteiger partial charge on any atom is -0.478 e. The third-order valence-electron chi connectivity index (χ3n) is 5.42. The molecule has 2 fully saturated rings. The van der Waals surface area contributed by atoms with Gasteiger partial charge in [0.2, 0.25) is 0 Å². The van der Waals surface area contributed by atoms with Crippen molar-refractivity contribution in [1.82, 2.24) is 4.90 Å². The van der Waals surface area contributed by atoms with Crippen LogP contribution in [-0.4, -0.2) is 33.7 Å². The molecule has 156 valence electrons. The Morgan fingerprint density at radius 1 is 1.20 bits per heavy atom. The number of furan rings is 1. The summed E-state index contributed by atoms with van der Waals surface area (Å²) in [6, 6.07) is 7.95. The van der Waals surface area contributed by atoms with E-state index in [1.54, 1.807) is 24.3 Å². The predicted octanol–water partition coefficient (Wildman–Crippen LogP) is 5.91. The number of carboxylic acids is 1. The van der Waals surface area contributed by atoms with Gasteiger partial charge in [0.25, 0.3) is 11.1 Å². The lowest BCUT2D eigenvalue weighted by atomic mass is 9.89. The minimum absolute atomic E-state index is 0.0128. The van der Waals surface area contributed by atoms with Crippen LogP contribution in [0.4, 0.5) is 4.79 Å². The minimum atomic E-state index is -1.10. The van der Waals surface area contributed by atoms with Crippen LogP contribution < -0.4 is 0 Å². The average molecular weight is 446 g/mol. The molecule has 1 aromatic carbocycles. The van der Waals surface area contributed by atoms with Crippen LogP contribution in [0.3, 0.4) is 0 Å². The molecule has 1 saturated heterocycles. The van der Waals surface area contributed by atoms with E-state index in [1.165, 1.54) is 23.5 Å². The fourth-order valence-electron chi connectivity index (χ4n) is 3.84. The number of carbonyl (C=O) groups is 3. The molecule has 1 aliphatic heterocycles. The fraction of sp³-hybridized carbons (Fsp3) is 0.318. The number of thioether (sulfide) groups is 1. The highest BCUT2D eigenvalue weighted by Gasteiger charge is 2.36. The normalized spacial score (nSPS) is 19.1. The van der Waals surface area contributed by atoms with Gasteiger partial charge in [-0.3, -0.25) is 14.5 Å². The number of imide groups is 1. The quantitative estimate of drug-likeness (QED) is 0.575. The van der Waals surface area contributed by atoms with Crippen molar-refractivity contribution in [2.75, 3.05) is 6.54 Å². The molecule has 0 atom stereocenters. The first-order chi connectivity index (χ1) is 14.4. The van der Waals surface area contributed by atoms with Gasteiger partial charge in [-0.25, -0.2) is 4.79 Å². The lowest BCUT2D eigenvalue weighted by Gasteiger charge is -2.25. The van der Waals surface area contributed by atoms with Crippen LogP contribution in [0.1, 0.15) is 48.2 Å². The molecule has 2 amide bonds. The van der Waals surface area contributed by atoms with Crippen molar-refractivity contribution < 1.29 is 23.9 Å². The van der Waals surface area contributed by atoms with E-state index in [0.29, 0.717) is 34.5 Å². The molecule has 2 heterocycles. The maximum atomic E-state index is 12.7. The maximum absolute atomic E-state index is 12.7. The molecule has 1 saturated carbocycles. The van der Waals surface area contributed by atoms with Crippen molar-refractivity contribution >= 4 is 46.6 Å². The third kappa shape index (κ3) is 4.32. The molecule has 0 bridgehead atoms. The van der Waals surface area contributed by atoms with E-state index in [-0.39, 0.29) is 21.7 Å². The fourth-order valence-corrected chi connectivity index (χ4v) is 4.93. The summed E-state index contributed by atoms with van der Waals surface area (Å²) >= 11 is 6.95. The van der Waals surface area contributed by atoms with Gasteiger partial charge in [-0.1, -0.05) is 36.9 Å². The zero-order valence-electron chi connectivity index (χ0n) is 16.1. The summed E-state index contributed by atoms with van der Waals surface area (Å²) in [5, 5.41) is 8.96. The van der Waals surface area contributed by atoms with Gasteiger partial charge < -0.3 is 9.52 Å². The molecule has 4 rings (SSSR count). The first-order valence-corrected chi connectivity index (χ1v) is 11.0. The second-order valence-electron chi connectivity index (χ2n) is 7.50. The van der Waals surface area contributed by atoms with E-state index in [2.05, 4.69) is 0 Å². The van der Waals surface area contributed by atoms with Crippen LogP contribution in [-0.2, 0) is 4.79 Å². The first-order valence-electron chi connectivity index (χ1n) is 9.81. The number of benzene rings is 1. The summed E-state index contributed by atoms with van der Waals surface area (Å²) in [7, 11) is 0. The van der Waals surface area contributed by atoms with E-state index in [1.807, 2.05) is 0 Å². The Morgan fingerprint density at radius 2 is 1.97 bits per heavy atom. The molecule has 1 aliphatic carbocycles. The summed E-state index contributed by atoms with van der Waals surface area (Å²) in [6.07, 6.45) is 7.23. The molecule has 1 N–H and O–H groups in total. The van der Waals surface area contributed by atoms with Gasteiger partial charge in [0.1, 0.15) is 11.5 Å². The van der Waals surface area contributed by atoms with Gasteiger partial charge >= 0.3 is 5.97 Å².